The molecule has 2 rings (SSSR count). The Labute approximate surface area is 114 Å². The summed E-state index contributed by atoms with van der Waals surface area (Å²) in [5, 5.41) is 3.56. The van der Waals surface area contributed by atoms with Gasteiger partial charge in [0, 0.05) is 23.8 Å². The van der Waals surface area contributed by atoms with E-state index in [0.29, 0.717) is 24.3 Å². The smallest absolute Gasteiger partial charge is 0.0960 e. The molecule has 0 aromatic carbocycles. The highest BCUT2D eigenvalue weighted by atomic mass is 32.1. The molecule has 3 nitrogen and oxygen atoms in total. The molecule has 1 saturated heterocycles. The molecule has 0 bridgehead atoms. The molecule has 0 saturated carbocycles. The van der Waals surface area contributed by atoms with E-state index in [1.54, 1.807) is 0 Å². The minimum Gasteiger partial charge on any atom is -0.330 e. The first-order valence-electron chi connectivity index (χ1n) is 6.95. The Morgan fingerprint density at radius 1 is 1.44 bits per heavy atom. The first kappa shape index (κ1) is 14.0. The quantitative estimate of drug-likeness (QED) is 0.912. The summed E-state index contributed by atoms with van der Waals surface area (Å²) in [6.45, 7) is 7.56. The SMILES string of the molecule is CC(C)C(CN)c1csc(C2CCN(C)CC2)n1. The van der Waals surface area contributed by atoms with Gasteiger partial charge in [-0.15, -0.1) is 11.3 Å². The van der Waals surface area contributed by atoms with Crippen LogP contribution in [0.2, 0.25) is 0 Å². The summed E-state index contributed by atoms with van der Waals surface area (Å²) in [5.74, 6) is 1.66. The average molecular weight is 267 g/mol. The third-order valence-corrected chi connectivity index (χ3v) is 5.07. The molecule has 1 aromatic heterocycles. The maximum Gasteiger partial charge on any atom is 0.0960 e. The molecule has 1 aliphatic heterocycles. The van der Waals surface area contributed by atoms with E-state index in [9.17, 15) is 0 Å². The third-order valence-electron chi connectivity index (χ3n) is 4.05. The molecule has 2 heterocycles. The molecule has 1 aromatic rings. The summed E-state index contributed by atoms with van der Waals surface area (Å²) in [6, 6.07) is 0. The summed E-state index contributed by atoms with van der Waals surface area (Å²) < 4.78 is 0. The van der Waals surface area contributed by atoms with Crippen LogP contribution in [0.15, 0.2) is 5.38 Å². The lowest BCUT2D eigenvalue weighted by Gasteiger charge is -2.27. The van der Waals surface area contributed by atoms with Crippen molar-refractivity contribution in [1.82, 2.24) is 9.88 Å². The normalized spacial score (nSPS) is 20.5. The number of nitrogens with zero attached hydrogens (tertiary/aromatic N) is 2. The molecule has 0 aliphatic carbocycles. The zero-order valence-corrected chi connectivity index (χ0v) is 12.5. The van der Waals surface area contributed by atoms with Gasteiger partial charge in [-0.25, -0.2) is 4.98 Å². The molecule has 0 amide bonds. The maximum atomic E-state index is 5.87. The molecule has 1 fully saturated rings. The number of rotatable bonds is 4. The number of aromatic nitrogens is 1. The summed E-state index contributed by atoms with van der Waals surface area (Å²) >= 11 is 1.83. The Bertz CT molecular complexity index is 367. The minimum absolute atomic E-state index is 0.418. The van der Waals surface area contributed by atoms with Crippen molar-refractivity contribution >= 4 is 11.3 Å². The van der Waals surface area contributed by atoms with Crippen molar-refractivity contribution in [3.8, 4) is 0 Å². The Kier molecular flexibility index (Phi) is 4.76. The summed E-state index contributed by atoms with van der Waals surface area (Å²) in [5.41, 5.74) is 7.08. The van der Waals surface area contributed by atoms with Crippen LogP contribution in [-0.4, -0.2) is 36.6 Å². The number of piperidine rings is 1. The molecule has 18 heavy (non-hydrogen) atoms. The van der Waals surface area contributed by atoms with Crippen LogP contribution in [0.25, 0.3) is 0 Å². The first-order valence-corrected chi connectivity index (χ1v) is 7.83. The van der Waals surface area contributed by atoms with E-state index in [1.807, 2.05) is 11.3 Å². The van der Waals surface area contributed by atoms with Gasteiger partial charge in [-0.05, 0) is 38.9 Å². The minimum atomic E-state index is 0.418. The molecule has 1 unspecified atom stereocenters. The van der Waals surface area contributed by atoms with Gasteiger partial charge in [-0.2, -0.15) is 0 Å². The van der Waals surface area contributed by atoms with Crippen molar-refractivity contribution in [3.63, 3.8) is 0 Å². The number of thiazole rings is 1. The van der Waals surface area contributed by atoms with Crippen molar-refractivity contribution in [2.75, 3.05) is 26.7 Å². The second kappa shape index (κ2) is 6.13. The topological polar surface area (TPSA) is 42.1 Å². The fourth-order valence-electron chi connectivity index (χ4n) is 2.65. The van der Waals surface area contributed by atoms with Gasteiger partial charge in [-0.3, -0.25) is 0 Å². The van der Waals surface area contributed by atoms with E-state index in [1.165, 1.54) is 36.6 Å². The van der Waals surface area contributed by atoms with Crippen LogP contribution in [0.3, 0.4) is 0 Å². The highest BCUT2D eigenvalue weighted by Crippen LogP contribution is 2.32. The summed E-state index contributed by atoms with van der Waals surface area (Å²) in [7, 11) is 2.20. The van der Waals surface area contributed by atoms with Gasteiger partial charge in [0.1, 0.15) is 0 Å². The lowest BCUT2D eigenvalue weighted by molar-refractivity contribution is 0.255. The molecule has 1 atom stereocenters. The largest absolute Gasteiger partial charge is 0.330 e. The van der Waals surface area contributed by atoms with Crippen LogP contribution < -0.4 is 5.73 Å². The Hall–Kier alpha value is -0.450. The molecule has 1 aliphatic rings. The van der Waals surface area contributed by atoms with Crippen molar-refractivity contribution in [1.29, 1.82) is 0 Å². The van der Waals surface area contributed by atoms with Gasteiger partial charge in [0.2, 0.25) is 0 Å². The second-order valence-corrected chi connectivity index (χ2v) is 6.66. The van der Waals surface area contributed by atoms with Crippen molar-refractivity contribution < 1.29 is 0 Å². The van der Waals surface area contributed by atoms with Gasteiger partial charge in [0.25, 0.3) is 0 Å². The zero-order chi connectivity index (χ0) is 13.1. The summed E-state index contributed by atoms with van der Waals surface area (Å²) in [6.07, 6.45) is 2.50. The third kappa shape index (κ3) is 3.11. The number of likely N-dealkylation sites (tertiary alicyclic amines) is 1. The fourth-order valence-corrected chi connectivity index (χ4v) is 3.70. The Morgan fingerprint density at radius 3 is 2.67 bits per heavy atom. The number of hydrogen-bond donors (Lipinski definition) is 1. The van der Waals surface area contributed by atoms with Crippen LogP contribution in [-0.2, 0) is 0 Å². The standard InChI is InChI=1S/C14H25N3S/c1-10(2)12(8-15)13-9-18-14(16-13)11-4-6-17(3)7-5-11/h9-12H,4-8,15H2,1-3H3. The van der Waals surface area contributed by atoms with Crippen LogP contribution in [0.4, 0.5) is 0 Å². The van der Waals surface area contributed by atoms with Crippen LogP contribution in [0.5, 0.6) is 0 Å². The van der Waals surface area contributed by atoms with Gasteiger partial charge >= 0.3 is 0 Å². The number of hydrogen-bond acceptors (Lipinski definition) is 4. The molecular formula is C14H25N3S. The van der Waals surface area contributed by atoms with Crippen molar-refractivity contribution in [3.05, 3.63) is 16.1 Å². The van der Waals surface area contributed by atoms with Crippen molar-refractivity contribution in [2.45, 2.75) is 38.5 Å². The van der Waals surface area contributed by atoms with Crippen LogP contribution in [0, 0.1) is 5.92 Å². The van der Waals surface area contributed by atoms with Gasteiger partial charge in [0.05, 0.1) is 10.7 Å². The predicted octanol–water partition coefficient (Wildman–Crippen LogP) is 2.65. The molecule has 0 spiro atoms. The van der Waals surface area contributed by atoms with Crippen LogP contribution >= 0.6 is 11.3 Å². The summed E-state index contributed by atoms with van der Waals surface area (Å²) in [4.78, 5) is 7.28. The fraction of sp³-hybridized carbons (Fsp3) is 0.786. The second-order valence-electron chi connectivity index (χ2n) is 5.77. The molecule has 4 heteroatoms. The van der Waals surface area contributed by atoms with E-state index in [4.69, 9.17) is 10.7 Å². The highest BCUT2D eigenvalue weighted by molar-refractivity contribution is 7.09. The molecule has 2 N–H and O–H groups in total. The van der Waals surface area contributed by atoms with Gasteiger partial charge in [0.15, 0.2) is 0 Å². The van der Waals surface area contributed by atoms with E-state index in [-0.39, 0.29) is 0 Å². The monoisotopic (exact) mass is 267 g/mol. The zero-order valence-electron chi connectivity index (χ0n) is 11.7. The van der Waals surface area contributed by atoms with E-state index >= 15 is 0 Å². The van der Waals surface area contributed by atoms with Crippen molar-refractivity contribution in [2.24, 2.45) is 11.7 Å². The Morgan fingerprint density at radius 2 is 2.11 bits per heavy atom. The Balaban J connectivity index is 2.05. The first-order chi connectivity index (χ1) is 8.61. The molecular weight excluding hydrogens is 242 g/mol. The number of nitrogens with two attached hydrogens (primary N) is 1. The van der Waals surface area contributed by atoms with Crippen LogP contribution in [0.1, 0.15) is 49.2 Å². The lowest BCUT2D eigenvalue weighted by Crippen LogP contribution is -2.29. The van der Waals surface area contributed by atoms with Gasteiger partial charge < -0.3 is 10.6 Å². The highest BCUT2D eigenvalue weighted by Gasteiger charge is 2.23. The predicted molar refractivity (Wildman–Crippen MR) is 78.2 cm³/mol. The lowest BCUT2D eigenvalue weighted by atomic mass is 9.93. The van der Waals surface area contributed by atoms with E-state index in [0.717, 1.165) is 0 Å². The average Bonchev–Trinajstić information content (AvgIpc) is 2.80. The van der Waals surface area contributed by atoms with E-state index in [2.05, 4.69) is 31.2 Å². The van der Waals surface area contributed by atoms with E-state index < -0.39 is 0 Å². The van der Waals surface area contributed by atoms with Gasteiger partial charge in [-0.1, -0.05) is 13.8 Å². The maximum absolute atomic E-state index is 5.87. The molecule has 0 radical (unpaired) electrons. The molecule has 102 valence electrons.